The van der Waals surface area contributed by atoms with E-state index in [0.717, 1.165) is 12.8 Å². The highest BCUT2D eigenvalue weighted by Gasteiger charge is 2.23. The standard InChI is InChI=1S/C27H35FN6O4/c1-27(2,3)38-26(36)34(4)17-23(35)29-14-8-6-7-9-18-16-30-25(33-24(18)31-19-10-11-19)32-20-12-13-22(37-5)21(28)15-20/h12-13,15-16,19H,6,8,10-11,14,17H2,1-5H3,(H,29,35)(H2,30,31,32,33). The van der Waals surface area contributed by atoms with E-state index in [1.165, 1.54) is 31.2 Å². The van der Waals surface area contributed by atoms with Crippen LogP contribution in [0.5, 0.6) is 5.75 Å². The fourth-order valence-electron chi connectivity index (χ4n) is 3.18. The van der Waals surface area contributed by atoms with Gasteiger partial charge in [-0.25, -0.2) is 14.2 Å². The van der Waals surface area contributed by atoms with Crippen LogP contribution in [0.4, 0.5) is 26.6 Å². The van der Waals surface area contributed by atoms with E-state index in [1.807, 2.05) is 0 Å². The number of rotatable bonds is 10. The van der Waals surface area contributed by atoms with Gasteiger partial charge in [0.25, 0.3) is 0 Å². The summed E-state index contributed by atoms with van der Waals surface area (Å²) in [6, 6.07) is 4.88. The Morgan fingerprint density at radius 3 is 2.68 bits per heavy atom. The highest BCUT2D eigenvalue weighted by molar-refractivity contribution is 5.82. The van der Waals surface area contributed by atoms with Gasteiger partial charge in [0, 0.05) is 37.8 Å². The van der Waals surface area contributed by atoms with Crippen molar-refractivity contribution in [3.8, 4) is 17.6 Å². The largest absolute Gasteiger partial charge is 0.494 e. The van der Waals surface area contributed by atoms with Crippen molar-refractivity contribution in [2.24, 2.45) is 0 Å². The number of carbonyl (C=O) groups excluding carboxylic acids is 2. The second-order valence-electron chi connectivity index (χ2n) is 9.94. The molecule has 10 nitrogen and oxygen atoms in total. The number of amides is 2. The van der Waals surface area contributed by atoms with Crippen LogP contribution in [0.1, 0.15) is 52.0 Å². The average molecular weight is 527 g/mol. The van der Waals surface area contributed by atoms with Crippen LogP contribution in [0.25, 0.3) is 0 Å². The number of nitrogens with zero attached hydrogens (tertiary/aromatic N) is 3. The Kier molecular flexibility index (Phi) is 9.71. The third-order valence-corrected chi connectivity index (χ3v) is 5.22. The van der Waals surface area contributed by atoms with E-state index in [9.17, 15) is 14.0 Å². The summed E-state index contributed by atoms with van der Waals surface area (Å²) < 4.78 is 24.2. The van der Waals surface area contributed by atoms with Crippen LogP contribution in [-0.4, -0.2) is 65.8 Å². The predicted molar refractivity (Wildman–Crippen MR) is 143 cm³/mol. The Balaban J connectivity index is 1.50. The van der Waals surface area contributed by atoms with Crippen molar-refractivity contribution >= 4 is 29.5 Å². The lowest BCUT2D eigenvalue weighted by Crippen LogP contribution is -2.41. The third kappa shape index (κ3) is 9.42. The number of nitrogens with one attached hydrogen (secondary N) is 3. The number of benzene rings is 1. The minimum absolute atomic E-state index is 0.0856. The smallest absolute Gasteiger partial charge is 0.410 e. The molecule has 0 radical (unpaired) electrons. The van der Waals surface area contributed by atoms with Gasteiger partial charge in [0.15, 0.2) is 11.6 Å². The maximum Gasteiger partial charge on any atom is 0.410 e. The number of likely N-dealkylation sites (N-methyl/N-ethyl adjacent to an activating group) is 1. The summed E-state index contributed by atoms with van der Waals surface area (Å²) in [5.41, 5.74) is 0.539. The van der Waals surface area contributed by atoms with Crippen molar-refractivity contribution in [3.63, 3.8) is 0 Å². The number of carbonyl (C=O) groups is 2. The molecule has 204 valence electrons. The Morgan fingerprint density at radius 1 is 1.26 bits per heavy atom. The van der Waals surface area contributed by atoms with Crippen molar-refractivity contribution in [2.45, 2.75) is 58.1 Å². The lowest BCUT2D eigenvalue weighted by molar-refractivity contribution is -0.122. The molecule has 2 aromatic rings. The molecule has 0 spiro atoms. The maximum atomic E-state index is 14.0. The van der Waals surface area contributed by atoms with E-state index in [4.69, 9.17) is 9.47 Å². The van der Waals surface area contributed by atoms with E-state index < -0.39 is 17.5 Å². The zero-order valence-corrected chi connectivity index (χ0v) is 22.5. The van der Waals surface area contributed by atoms with Gasteiger partial charge in [0.05, 0.1) is 18.9 Å². The van der Waals surface area contributed by atoms with Crippen LogP contribution in [0.2, 0.25) is 0 Å². The van der Waals surface area contributed by atoms with E-state index in [2.05, 4.69) is 37.8 Å². The molecule has 1 aliphatic rings. The minimum atomic E-state index is -0.619. The van der Waals surface area contributed by atoms with E-state index >= 15 is 0 Å². The molecule has 1 heterocycles. The van der Waals surface area contributed by atoms with E-state index in [-0.39, 0.29) is 18.2 Å². The summed E-state index contributed by atoms with van der Waals surface area (Å²) in [7, 11) is 2.93. The van der Waals surface area contributed by atoms with Gasteiger partial charge < -0.3 is 30.3 Å². The van der Waals surface area contributed by atoms with Gasteiger partial charge in [-0.15, -0.1) is 0 Å². The topological polar surface area (TPSA) is 118 Å². The number of hydrogen-bond acceptors (Lipinski definition) is 8. The van der Waals surface area contributed by atoms with Gasteiger partial charge in [-0.2, -0.15) is 4.98 Å². The molecule has 0 atom stereocenters. The minimum Gasteiger partial charge on any atom is -0.494 e. The van der Waals surface area contributed by atoms with Gasteiger partial charge in [-0.3, -0.25) is 4.79 Å². The van der Waals surface area contributed by atoms with Gasteiger partial charge in [0.1, 0.15) is 18.0 Å². The van der Waals surface area contributed by atoms with Crippen LogP contribution in [-0.2, 0) is 9.53 Å². The lowest BCUT2D eigenvalue weighted by atomic mass is 10.2. The average Bonchev–Trinajstić information content (AvgIpc) is 3.65. The van der Waals surface area contributed by atoms with Crippen molar-refractivity contribution in [1.29, 1.82) is 0 Å². The molecule has 3 N–H and O–H groups in total. The van der Waals surface area contributed by atoms with Crippen LogP contribution in [0.15, 0.2) is 24.4 Å². The first kappa shape index (κ1) is 28.5. The summed E-state index contributed by atoms with van der Waals surface area (Å²) >= 11 is 0. The molecule has 1 aromatic carbocycles. The Morgan fingerprint density at radius 2 is 2.03 bits per heavy atom. The van der Waals surface area contributed by atoms with Crippen molar-refractivity contribution < 1.29 is 23.5 Å². The lowest BCUT2D eigenvalue weighted by Gasteiger charge is -2.24. The summed E-state index contributed by atoms with van der Waals surface area (Å²) in [5.74, 6) is 6.53. The SMILES string of the molecule is COc1ccc(Nc2ncc(C#CCCCNC(=O)CN(C)C(=O)OC(C)(C)C)c(NC3CC3)n2)cc1F. The number of hydrogen-bond donors (Lipinski definition) is 3. The Bertz CT molecular complexity index is 1200. The summed E-state index contributed by atoms with van der Waals surface area (Å²) in [4.78, 5) is 34.1. The molecule has 0 unspecified atom stereocenters. The molecule has 1 saturated carbocycles. The van der Waals surface area contributed by atoms with Gasteiger partial charge >= 0.3 is 6.09 Å². The summed E-state index contributed by atoms with van der Waals surface area (Å²) in [5, 5.41) is 9.15. The summed E-state index contributed by atoms with van der Waals surface area (Å²) in [6.07, 6.45) is 4.40. The molecule has 3 rings (SSSR count). The number of anilines is 3. The molecule has 0 saturated heterocycles. The van der Waals surface area contributed by atoms with Crippen molar-refractivity contribution in [1.82, 2.24) is 20.2 Å². The number of unbranched alkanes of at least 4 members (excludes halogenated alkanes) is 1. The van der Waals surface area contributed by atoms with E-state index in [1.54, 1.807) is 33.0 Å². The molecule has 38 heavy (non-hydrogen) atoms. The normalized spacial score (nSPS) is 12.6. The van der Waals surface area contributed by atoms with Gasteiger partial charge in [0.2, 0.25) is 11.9 Å². The van der Waals surface area contributed by atoms with Crippen LogP contribution >= 0.6 is 0 Å². The third-order valence-electron chi connectivity index (χ3n) is 5.22. The molecule has 1 aromatic heterocycles. The maximum absolute atomic E-state index is 14.0. The number of aromatic nitrogens is 2. The van der Waals surface area contributed by atoms with Gasteiger partial charge in [-0.05, 0) is 52.2 Å². The van der Waals surface area contributed by atoms with Crippen LogP contribution in [0.3, 0.4) is 0 Å². The summed E-state index contributed by atoms with van der Waals surface area (Å²) in [6.45, 7) is 5.66. The first-order valence-electron chi connectivity index (χ1n) is 12.5. The van der Waals surface area contributed by atoms with Crippen LogP contribution < -0.4 is 20.7 Å². The van der Waals surface area contributed by atoms with Crippen molar-refractivity contribution in [3.05, 3.63) is 35.8 Å². The predicted octanol–water partition coefficient (Wildman–Crippen LogP) is 4.06. The zero-order chi connectivity index (χ0) is 27.7. The molecule has 2 amide bonds. The monoisotopic (exact) mass is 526 g/mol. The first-order chi connectivity index (χ1) is 18.0. The van der Waals surface area contributed by atoms with Gasteiger partial charge in [-0.1, -0.05) is 11.8 Å². The second-order valence-corrected chi connectivity index (χ2v) is 9.94. The van der Waals surface area contributed by atoms with Crippen LogP contribution in [0, 0.1) is 17.7 Å². The fourth-order valence-corrected chi connectivity index (χ4v) is 3.18. The number of halogens is 1. The number of ether oxygens (including phenoxy) is 2. The number of methoxy groups -OCH3 is 1. The molecule has 1 aliphatic carbocycles. The second kappa shape index (κ2) is 12.9. The molecule has 11 heteroatoms. The highest BCUT2D eigenvalue weighted by atomic mass is 19.1. The molecular weight excluding hydrogens is 491 g/mol. The Labute approximate surface area is 222 Å². The highest BCUT2D eigenvalue weighted by Crippen LogP contribution is 2.27. The molecular formula is C27H35FN6O4. The Hall–Kier alpha value is -4.07. The van der Waals surface area contributed by atoms with E-state index in [0.29, 0.717) is 48.4 Å². The quantitative estimate of drug-likeness (QED) is 0.314. The van der Waals surface area contributed by atoms with Crippen molar-refractivity contribution in [2.75, 3.05) is 37.9 Å². The molecule has 0 bridgehead atoms. The molecule has 1 fully saturated rings. The fraction of sp³-hybridized carbons (Fsp3) is 0.481. The zero-order valence-electron chi connectivity index (χ0n) is 22.5. The molecule has 0 aliphatic heterocycles. The first-order valence-corrected chi connectivity index (χ1v) is 12.5.